The van der Waals surface area contributed by atoms with Crippen LogP contribution in [-0.2, 0) is 6.42 Å². The highest BCUT2D eigenvalue weighted by atomic mass is 16.5. The Morgan fingerprint density at radius 3 is 2.48 bits per heavy atom. The molecule has 4 atom stereocenters. The first-order valence-electron chi connectivity index (χ1n) is 10.0. The van der Waals surface area contributed by atoms with Crippen molar-refractivity contribution in [1.82, 2.24) is 4.90 Å². The van der Waals surface area contributed by atoms with Gasteiger partial charge >= 0.3 is 0 Å². The van der Waals surface area contributed by atoms with Gasteiger partial charge in [-0.1, -0.05) is 32.0 Å². The van der Waals surface area contributed by atoms with Crippen LogP contribution in [0, 0.1) is 5.92 Å². The summed E-state index contributed by atoms with van der Waals surface area (Å²) in [6.07, 6.45) is -1.47. The molecule has 0 aromatic heterocycles. The predicted octanol–water partition coefficient (Wildman–Crippen LogP) is 1.19. The molecule has 0 fully saturated rings. The summed E-state index contributed by atoms with van der Waals surface area (Å²) in [7, 11) is 0. The van der Waals surface area contributed by atoms with E-state index in [9.17, 15) is 20.4 Å². The lowest BCUT2D eigenvalue weighted by atomic mass is 10.0. The van der Waals surface area contributed by atoms with Crippen LogP contribution in [0.3, 0.4) is 0 Å². The molecule has 0 saturated heterocycles. The van der Waals surface area contributed by atoms with E-state index in [0.29, 0.717) is 11.7 Å². The molecule has 27 heavy (non-hydrogen) atoms. The summed E-state index contributed by atoms with van der Waals surface area (Å²) >= 11 is 0. The van der Waals surface area contributed by atoms with E-state index in [0.717, 1.165) is 44.3 Å². The van der Waals surface area contributed by atoms with Crippen molar-refractivity contribution in [2.75, 3.05) is 26.2 Å². The Kier molecular flexibility index (Phi) is 8.99. The highest BCUT2D eigenvalue weighted by Gasteiger charge is 2.32. The van der Waals surface area contributed by atoms with Crippen LogP contribution in [0.1, 0.15) is 38.7 Å². The van der Waals surface area contributed by atoms with Crippen molar-refractivity contribution in [3.63, 3.8) is 0 Å². The maximum absolute atomic E-state index is 10.4. The van der Waals surface area contributed by atoms with Gasteiger partial charge in [0.25, 0.3) is 0 Å². The third kappa shape index (κ3) is 7.05. The number of ether oxygens (including phenoxy) is 1. The number of aliphatic hydroxyl groups excluding tert-OH is 4. The highest BCUT2D eigenvalue weighted by Crippen LogP contribution is 2.21. The molecule has 0 amide bonds. The lowest BCUT2D eigenvalue weighted by Crippen LogP contribution is -2.50. The zero-order chi connectivity index (χ0) is 19.8. The van der Waals surface area contributed by atoms with Gasteiger partial charge in [-0.25, -0.2) is 0 Å². The van der Waals surface area contributed by atoms with Crippen LogP contribution >= 0.6 is 0 Å². The Labute approximate surface area is 162 Å². The van der Waals surface area contributed by atoms with E-state index < -0.39 is 24.4 Å². The number of rotatable bonds is 3. The fraction of sp³-hybridized carbons (Fsp3) is 0.714. The SMILES string of the molecule is CC(C)CCN1CCCCc2ccccc2OC[C@@H](O)[C@@H](O)[C@H](O)[C@@H](O)C1. The molecule has 0 bridgehead atoms. The molecule has 6 nitrogen and oxygen atoms in total. The van der Waals surface area contributed by atoms with Gasteiger partial charge in [0, 0.05) is 6.54 Å². The molecule has 0 unspecified atom stereocenters. The van der Waals surface area contributed by atoms with Gasteiger partial charge < -0.3 is 30.1 Å². The van der Waals surface area contributed by atoms with Crippen LogP contribution < -0.4 is 4.74 Å². The number of aliphatic hydroxyl groups is 4. The number of fused-ring (bicyclic) bond motifs is 1. The summed E-state index contributed by atoms with van der Waals surface area (Å²) < 4.78 is 5.67. The zero-order valence-electron chi connectivity index (χ0n) is 16.5. The third-order valence-corrected chi connectivity index (χ3v) is 5.16. The second-order valence-electron chi connectivity index (χ2n) is 7.97. The van der Waals surface area contributed by atoms with Crippen molar-refractivity contribution >= 4 is 0 Å². The molecule has 0 radical (unpaired) electrons. The summed E-state index contributed by atoms with van der Waals surface area (Å²) in [5.41, 5.74) is 1.07. The normalized spacial score (nSPS) is 29.0. The minimum atomic E-state index is -1.47. The van der Waals surface area contributed by atoms with E-state index in [1.54, 1.807) is 0 Å². The van der Waals surface area contributed by atoms with Gasteiger partial charge in [0.15, 0.2) is 0 Å². The fourth-order valence-corrected chi connectivity index (χ4v) is 3.34. The van der Waals surface area contributed by atoms with Crippen molar-refractivity contribution in [3.05, 3.63) is 29.8 Å². The first-order chi connectivity index (χ1) is 12.9. The maximum Gasteiger partial charge on any atom is 0.122 e. The fourth-order valence-electron chi connectivity index (χ4n) is 3.34. The molecule has 1 aromatic carbocycles. The van der Waals surface area contributed by atoms with E-state index in [-0.39, 0.29) is 13.2 Å². The number of aryl methyl sites for hydroxylation is 1. The average molecular weight is 382 g/mol. The van der Waals surface area contributed by atoms with E-state index >= 15 is 0 Å². The first kappa shape index (κ1) is 22.1. The molecule has 1 aliphatic heterocycles. The molecule has 0 aliphatic carbocycles. The molecule has 6 heteroatoms. The van der Waals surface area contributed by atoms with Crippen LogP contribution in [0.4, 0.5) is 0 Å². The van der Waals surface area contributed by atoms with Gasteiger partial charge in [-0.2, -0.15) is 0 Å². The summed E-state index contributed by atoms with van der Waals surface area (Å²) in [4.78, 5) is 2.14. The van der Waals surface area contributed by atoms with Crippen molar-refractivity contribution in [1.29, 1.82) is 0 Å². The van der Waals surface area contributed by atoms with Crippen molar-refractivity contribution in [2.45, 2.75) is 63.9 Å². The first-order valence-corrected chi connectivity index (χ1v) is 10.0. The second-order valence-corrected chi connectivity index (χ2v) is 7.97. The standard InChI is InChI=1S/C21H35NO5/c1-15(2)10-12-22-11-6-5-8-16-7-3-4-9-19(16)27-14-18(24)21(26)20(25)17(23)13-22/h3-4,7,9,15,17-18,20-21,23-26H,5-6,8,10-14H2,1-2H3/t17-,18+,20+,21+/m0/s1. The minimum Gasteiger partial charge on any atom is -0.491 e. The number of β-amino-alcohol motifs (C(OH)–C–C–N with tert-alkyl or cyclic N) is 1. The van der Waals surface area contributed by atoms with Gasteiger partial charge in [0.2, 0.25) is 0 Å². The third-order valence-electron chi connectivity index (χ3n) is 5.16. The molecule has 1 aliphatic rings. The van der Waals surface area contributed by atoms with Crippen LogP contribution in [-0.4, -0.2) is 76.0 Å². The lowest BCUT2D eigenvalue weighted by molar-refractivity contribution is -0.117. The molecule has 1 heterocycles. The van der Waals surface area contributed by atoms with Crippen LogP contribution in [0.25, 0.3) is 0 Å². The van der Waals surface area contributed by atoms with Crippen LogP contribution in [0.5, 0.6) is 5.75 Å². The molecular formula is C21H35NO5. The largest absolute Gasteiger partial charge is 0.491 e. The Balaban J connectivity index is 2.12. The van der Waals surface area contributed by atoms with Gasteiger partial charge in [-0.3, -0.25) is 0 Å². The molecule has 154 valence electrons. The second kappa shape index (κ2) is 11.0. The molecule has 2 rings (SSSR count). The number of benzene rings is 1. The van der Waals surface area contributed by atoms with Crippen molar-refractivity contribution in [3.8, 4) is 5.75 Å². The highest BCUT2D eigenvalue weighted by molar-refractivity contribution is 5.33. The molecule has 0 saturated carbocycles. The Bertz CT molecular complexity index is 553. The molecular weight excluding hydrogens is 346 g/mol. The van der Waals surface area contributed by atoms with Gasteiger partial charge in [0.1, 0.15) is 30.7 Å². The summed E-state index contributed by atoms with van der Waals surface area (Å²) in [5, 5.41) is 41.0. The molecule has 4 N–H and O–H groups in total. The number of hydrogen-bond donors (Lipinski definition) is 4. The van der Waals surface area contributed by atoms with Crippen molar-refractivity contribution in [2.24, 2.45) is 5.92 Å². The van der Waals surface area contributed by atoms with Crippen LogP contribution in [0.2, 0.25) is 0 Å². The topological polar surface area (TPSA) is 93.4 Å². The lowest BCUT2D eigenvalue weighted by Gasteiger charge is -2.31. The Morgan fingerprint density at radius 1 is 1.04 bits per heavy atom. The van der Waals surface area contributed by atoms with Crippen molar-refractivity contribution < 1.29 is 25.2 Å². The van der Waals surface area contributed by atoms with Gasteiger partial charge in [0.05, 0.1) is 6.10 Å². The zero-order valence-corrected chi connectivity index (χ0v) is 16.5. The maximum atomic E-state index is 10.4. The minimum absolute atomic E-state index is 0.140. The number of hydrogen-bond acceptors (Lipinski definition) is 6. The van der Waals surface area contributed by atoms with E-state index in [2.05, 4.69) is 18.7 Å². The van der Waals surface area contributed by atoms with E-state index in [1.165, 1.54) is 0 Å². The van der Waals surface area contributed by atoms with Crippen LogP contribution in [0.15, 0.2) is 24.3 Å². The number of para-hydroxylation sites is 1. The Hall–Kier alpha value is -1.18. The average Bonchev–Trinajstić information content (AvgIpc) is 2.65. The summed E-state index contributed by atoms with van der Waals surface area (Å²) in [5.74, 6) is 1.24. The quantitative estimate of drug-likeness (QED) is 0.629. The van der Waals surface area contributed by atoms with E-state index in [1.807, 2.05) is 24.3 Å². The molecule has 1 aromatic rings. The van der Waals surface area contributed by atoms with Gasteiger partial charge in [-0.15, -0.1) is 0 Å². The number of nitrogens with zero attached hydrogens (tertiary/aromatic N) is 1. The van der Waals surface area contributed by atoms with Gasteiger partial charge in [-0.05, 0) is 56.3 Å². The van der Waals surface area contributed by atoms with E-state index in [4.69, 9.17) is 4.74 Å². The Morgan fingerprint density at radius 2 is 1.74 bits per heavy atom. The molecule has 0 spiro atoms. The summed E-state index contributed by atoms with van der Waals surface area (Å²) in [6.45, 7) is 6.10. The summed E-state index contributed by atoms with van der Waals surface area (Å²) in [6, 6.07) is 7.70. The smallest absolute Gasteiger partial charge is 0.122 e. The monoisotopic (exact) mass is 381 g/mol. The predicted molar refractivity (Wildman–Crippen MR) is 105 cm³/mol.